The first-order chi connectivity index (χ1) is 17.4. The minimum Gasteiger partial charge on any atom is -0.506 e. The van der Waals surface area contributed by atoms with Gasteiger partial charge in [-0.1, -0.05) is 70.0 Å². The van der Waals surface area contributed by atoms with Gasteiger partial charge in [0.15, 0.2) is 0 Å². The van der Waals surface area contributed by atoms with E-state index in [1.165, 1.54) is 11.1 Å². The molecule has 3 rings (SSSR count). The molecule has 6 heteroatoms. The summed E-state index contributed by atoms with van der Waals surface area (Å²) < 4.78 is 0. The van der Waals surface area contributed by atoms with Crippen LogP contribution >= 0.6 is 11.8 Å². The summed E-state index contributed by atoms with van der Waals surface area (Å²) in [6.45, 7) is 12.4. The highest BCUT2D eigenvalue weighted by molar-refractivity contribution is 8.05. The number of hydrogen-bond donors (Lipinski definition) is 2. The van der Waals surface area contributed by atoms with Gasteiger partial charge in [-0.05, 0) is 60.5 Å². The number of benzene rings is 1. The average molecular weight is 506 g/mol. The fraction of sp³-hybridized carbons (Fsp3) is 0.433. The van der Waals surface area contributed by atoms with Crippen LogP contribution in [-0.2, 0) is 12.8 Å². The monoisotopic (exact) mass is 505 g/mol. The zero-order valence-corrected chi connectivity index (χ0v) is 22.9. The summed E-state index contributed by atoms with van der Waals surface area (Å²) in [4.78, 5) is 17.3. The second kappa shape index (κ2) is 13.4. The van der Waals surface area contributed by atoms with Gasteiger partial charge in [0, 0.05) is 24.1 Å². The summed E-state index contributed by atoms with van der Waals surface area (Å²) in [5.41, 5.74) is 6.25. The van der Waals surface area contributed by atoms with Crippen LogP contribution in [0, 0.1) is 0 Å². The van der Waals surface area contributed by atoms with Crippen molar-refractivity contribution in [2.24, 2.45) is 10.2 Å². The molecule has 0 saturated carbocycles. The number of aromatic nitrogens is 1. The van der Waals surface area contributed by atoms with Crippen molar-refractivity contribution in [3.05, 3.63) is 73.9 Å². The topological polar surface area (TPSA) is 77.8 Å². The first kappa shape index (κ1) is 27.7. The van der Waals surface area contributed by atoms with E-state index in [9.17, 15) is 9.90 Å². The lowest BCUT2D eigenvalue weighted by Crippen LogP contribution is -2.21. The van der Waals surface area contributed by atoms with Crippen LogP contribution in [0.1, 0.15) is 89.5 Å². The van der Waals surface area contributed by atoms with Crippen molar-refractivity contribution in [2.75, 3.05) is 0 Å². The molecule has 36 heavy (non-hydrogen) atoms. The molecule has 0 amide bonds. The molecule has 0 saturated heterocycles. The van der Waals surface area contributed by atoms with Crippen molar-refractivity contribution in [2.45, 2.75) is 85.5 Å². The van der Waals surface area contributed by atoms with E-state index in [1.54, 1.807) is 11.8 Å². The molecule has 0 unspecified atom stereocenters. The molecule has 0 bridgehead atoms. The van der Waals surface area contributed by atoms with E-state index in [0.717, 1.165) is 60.4 Å². The Hall–Kier alpha value is -2.86. The Labute approximate surface area is 219 Å². The van der Waals surface area contributed by atoms with Gasteiger partial charge in [-0.2, -0.15) is 10.2 Å². The van der Waals surface area contributed by atoms with Crippen LogP contribution in [0.3, 0.4) is 0 Å². The molecule has 0 fully saturated rings. The number of pyridine rings is 1. The molecule has 0 aliphatic carbocycles. The average Bonchev–Trinajstić information content (AvgIpc) is 3.31. The number of nitrogens with one attached hydrogen (secondary N) is 1. The fourth-order valence-corrected chi connectivity index (χ4v) is 4.94. The quantitative estimate of drug-likeness (QED) is 0.290. The zero-order valence-electron chi connectivity index (χ0n) is 22.1. The van der Waals surface area contributed by atoms with Gasteiger partial charge in [0.1, 0.15) is 11.3 Å². The van der Waals surface area contributed by atoms with Crippen molar-refractivity contribution in [3.63, 3.8) is 0 Å². The van der Waals surface area contributed by atoms with Gasteiger partial charge >= 0.3 is 0 Å². The summed E-state index contributed by atoms with van der Waals surface area (Å²) in [6.07, 6.45) is 7.94. The van der Waals surface area contributed by atoms with Crippen LogP contribution in [0.2, 0.25) is 0 Å². The number of hydrogen-bond acceptors (Lipinski definition) is 5. The minimum absolute atomic E-state index is 0.00731. The number of aryl methyl sites for hydroxylation is 2. The lowest BCUT2D eigenvalue weighted by molar-refractivity contribution is 0.473. The van der Waals surface area contributed by atoms with Crippen LogP contribution in [0.25, 0.3) is 11.1 Å². The molecule has 1 aliphatic heterocycles. The standard InChI is InChI=1S/C30H39N3O2S/c1-6-9-12-22(19-36-20(4)5)17-24-18-26(33-32-24)28-29(34)27(23-14-11-13-21(8-3)16-23)25(15-10-7-2)31-30(28)35/h11,13-14,16,19H,4,6-10,12,15,17-18H2,1-3,5H3,(H2,31,34,35)/b22-19+. The molecular weight excluding hydrogens is 466 g/mol. The molecule has 0 spiro atoms. The Morgan fingerprint density at radius 1 is 1.17 bits per heavy atom. The molecule has 5 nitrogen and oxygen atoms in total. The molecular formula is C30H39N3O2S. The summed E-state index contributed by atoms with van der Waals surface area (Å²) >= 11 is 1.64. The predicted molar refractivity (Wildman–Crippen MR) is 155 cm³/mol. The Morgan fingerprint density at radius 3 is 2.64 bits per heavy atom. The lowest BCUT2D eigenvalue weighted by atomic mass is 9.93. The third-order valence-corrected chi connectivity index (χ3v) is 7.21. The van der Waals surface area contributed by atoms with E-state index < -0.39 is 0 Å². The van der Waals surface area contributed by atoms with Crippen molar-refractivity contribution < 1.29 is 5.11 Å². The first-order valence-corrected chi connectivity index (χ1v) is 14.0. The molecule has 2 N–H and O–H groups in total. The van der Waals surface area contributed by atoms with Gasteiger partial charge in [0.2, 0.25) is 0 Å². The van der Waals surface area contributed by atoms with Gasteiger partial charge in [-0.25, -0.2) is 0 Å². The van der Waals surface area contributed by atoms with Crippen LogP contribution in [0.5, 0.6) is 5.75 Å². The van der Waals surface area contributed by atoms with Crippen molar-refractivity contribution in [1.82, 2.24) is 4.98 Å². The molecule has 0 radical (unpaired) electrons. The number of allylic oxidation sites excluding steroid dienone is 2. The van der Waals surface area contributed by atoms with Gasteiger partial charge < -0.3 is 10.1 Å². The third kappa shape index (κ3) is 7.10. The number of thioether (sulfide) groups is 1. The normalized spacial score (nSPS) is 13.6. The minimum atomic E-state index is -0.302. The second-order valence-electron chi connectivity index (χ2n) is 9.45. The van der Waals surface area contributed by atoms with E-state index in [4.69, 9.17) is 0 Å². The number of nitrogens with zero attached hydrogens (tertiary/aromatic N) is 2. The Bertz CT molecular complexity index is 1240. The van der Waals surface area contributed by atoms with E-state index in [1.807, 2.05) is 19.1 Å². The van der Waals surface area contributed by atoms with Crippen LogP contribution < -0.4 is 5.56 Å². The summed E-state index contributed by atoms with van der Waals surface area (Å²) in [6, 6.07) is 8.17. The van der Waals surface area contributed by atoms with E-state index >= 15 is 0 Å². The van der Waals surface area contributed by atoms with Crippen LogP contribution in [0.4, 0.5) is 0 Å². The number of unbranched alkanes of at least 4 members (excludes halogenated alkanes) is 2. The maximum absolute atomic E-state index is 13.2. The van der Waals surface area contributed by atoms with Crippen molar-refractivity contribution in [3.8, 4) is 16.9 Å². The maximum Gasteiger partial charge on any atom is 0.261 e. The van der Waals surface area contributed by atoms with E-state index in [0.29, 0.717) is 30.5 Å². The third-order valence-electron chi connectivity index (χ3n) is 6.35. The number of aromatic hydroxyl groups is 1. The molecule has 1 aliphatic rings. The summed E-state index contributed by atoms with van der Waals surface area (Å²) in [5, 5.41) is 22.4. The Morgan fingerprint density at radius 2 is 1.94 bits per heavy atom. The van der Waals surface area contributed by atoms with E-state index in [-0.39, 0.29) is 16.9 Å². The highest BCUT2D eigenvalue weighted by Gasteiger charge is 2.25. The SMILES string of the molecule is C=C(C)S/C=C(\CCCC)CC1=NN=C(c2c(O)c(-c3cccc(CC)c3)c(CCCC)[nH]c2=O)C1. The molecule has 0 atom stereocenters. The smallest absolute Gasteiger partial charge is 0.261 e. The molecule has 2 heterocycles. The van der Waals surface area contributed by atoms with Gasteiger partial charge in [-0.15, -0.1) is 11.8 Å². The van der Waals surface area contributed by atoms with Crippen molar-refractivity contribution >= 4 is 23.2 Å². The molecule has 1 aromatic heterocycles. The van der Waals surface area contributed by atoms with E-state index in [2.05, 4.69) is 60.1 Å². The Balaban J connectivity index is 1.93. The Kier molecular flexibility index (Phi) is 10.4. The maximum atomic E-state index is 13.2. The van der Waals surface area contributed by atoms with Crippen LogP contribution in [0.15, 0.2) is 61.7 Å². The number of aromatic amines is 1. The zero-order chi connectivity index (χ0) is 26.1. The lowest BCUT2D eigenvalue weighted by Gasteiger charge is -2.15. The van der Waals surface area contributed by atoms with Crippen molar-refractivity contribution in [1.29, 1.82) is 0 Å². The molecule has 2 aromatic rings. The number of H-pyrrole nitrogens is 1. The first-order valence-electron chi connectivity index (χ1n) is 13.1. The summed E-state index contributed by atoms with van der Waals surface area (Å²) in [7, 11) is 0. The second-order valence-corrected chi connectivity index (χ2v) is 10.6. The molecule has 1 aromatic carbocycles. The van der Waals surface area contributed by atoms with Crippen LogP contribution in [-0.4, -0.2) is 21.5 Å². The largest absolute Gasteiger partial charge is 0.506 e. The highest BCUT2D eigenvalue weighted by atomic mass is 32.2. The number of rotatable bonds is 13. The van der Waals surface area contributed by atoms with Gasteiger partial charge in [0.25, 0.3) is 5.56 Å². The highest BCUT2D eigenvalue weighted by Crippen LogP contribution is 2.36. The van der Waals surface area contributed by atoms with Gasteiger partial charge in [0.05, 0.1) is 11.4 Å². The summed E-state index contributed by atoms with van der Waals surface area (Å²) in [5.74, 6) is 0.00731. The molecule has 192 valence electrons. The van der Waals surface area contributed by atoms with Gasteiger partial charge in [-0.3, -0.25) is 4.79 Å². The predicted octanol–water partition coefficient (Wildman–Crippen LogP) is 7.93. The fourth-order valence-electron chi connectivity index (χ4n) is 4.37.